The summed E-state index contributed by atoms with van der Waals surface area (Å²) < 4.78 is 0. The minimum atomic E-state index is 0.0183. The van der Waals surface area contributed by atoms with Crippen molar-refractivity contribution in [2.75, 3.05) is 18.8 Å². The van der Waals surface area contributed by atoms with E-state index in [-0.39, 0.29) is 6.03 Å². The number of anilines is 1. The number of nitrogens with zero attached hydrogens (tertiary/aromatic N) is 1. The lowest BCUT2D eigenvalue weighted by Crippen LogP contribution is -2.44. The zero-order valence-electron chi connectivity index (χ0n) is 10.9. The van der Waals surface area contributed by atoms with Gasteiger partial charge in [0.15, 0.2) is 0 Å². The number of carbonyl (C=O) groups is 1. The molecule has 0 spiro atoms. The molecular weight excluding hydrogens is 226 g/mol. The number of hydrogen-bond acceptors (Lipinski definition) is 2. The Morgan fingerprint density at radius 3 is 3.00 bits per heavy atom. The lowest BCUT2D eigenvalue weighted by molar-refractivity contribution is 0.169. The zero-order valence-corrected chi connectivity index (χ0v) is 10.9. The Balaban J connectivity index is 1.86. The second-order valence-corrected chi connectivity index (χ2v) is 5.05. The molecule has 1 saturated heterocycles. The quantitative estimate of drug-likeness (QED) is 0.787. The van der Waals surface area contributed by atoms with E-state index in [4.69, 9.17) is 5.73 Å². The third-order valence-electron chi connectivity index (χ3n) is 3.43. The Bertz CT molecular complexity index is 419. The van der Waals surface area contributed by atoms with E-state index in [0.29, 0.717) is 12.5 Å². The van der Waals surface area contributed by atoms with Crippen LogP contribution in [0.5, 0.6) is 0 Å². The van der Waals surface area contributed by atoms with E-state index in [9.17, 15) is 4.79 Å². The number of carbonyl (C=O) groups excluding carboxylic acids is 1. The van der Waals surface area contributed by atoms with Crippen LogP contribution in [0.25, 0.3) is 0 Å². The molecule has 4 nitrogen and oxygen atoms in total. The van der Waals surface area contributed by atoms with Crippen LogP contribution in [0.3, 0.4) is 0 Å². The predicted molar refractivity (Wildman–Crippen MR) is 73.1 cm³/mol. The molecular formula is C14H21N3O. The Morgan fingerprint density at radius 2 is 2.28 bits per heavy atom. The van der Waals surface area contributed by atoms with Crippen molar-refractivity contribution in [3.8, 4) is 0 Å². The Hall–Kier alpha value is -1.71. The summed E-state index contributed by atoms with van der Waals surface area (Å²) in [4.78, 5) is 13.9. The summed E-state index contributed by atoms with van der Waals surface area (Å²) in [5.41, 5.74) is 7.54. The first-order chi connectivity index (χ1) is 8.66. The fourth-order valence-electron chi connectivity index (χ4n) is 2.35. The van der Waals surface area contributed by atoms with Crippen LogP contribution in [0.1, 0.15) is 25.3 Å². The normalized spacial score (nSPS) is 19.6. The predicted octanol–water partition coefficient (Wildman–Crippen LogP) is 2.21. The highest BCUT2D eigenvalue weighted by molar-refractivity contribution is 5.74. The van der Waals surface area contributed by atoms with Gasteiger partial charge in [0, 0.05) is 25.3 Å². The summed E-state index contributed by atoms with van der Waals surface area (Å²) in [6.45, 7) is 4.40. The Labute approximate surface area is 108 Å². The molecule has 1 aliphatic rings. The highest BCUT2D eigenvalue weighted by Crippen LogP contribution is 2.15. The minimum Gasteiger partial charge on any atom is -0.398 e. The Kier molecular flexibility index (Phi) is 4.07. The number of amides is 2. The van der Waals surface area contributed by atoms with Crippen molar-refractivity contribution in [3.05, 3.63) is 29.8 Å². The van der Waals surface area contributed by atoms with Gasteiger partial charge in [-0.3, -0.25) is 0 Å². The van der Waals surface area contributed by atoms with Crippen LogP contribution in [-0.4, -0.2) is 24.0 Å². The van der Waals surface area contributed by atoms with Crippen LogP contribution >= 0.6 is 0 Å². The minimum absolute atomic E-state index is 0.0183. The average Bonchev–Trinajstić information content (AvgIpc) is 2.37. The van der Waals surface area contributed by atoms with Crippen molar-refractivity contribution < 1.29 is 4.79 Å². The largest absolute Gasteiger partial charge is 0.398 e. The fraction of sp³-hybridized carbons (Fsp3) is 0.500. The lowest BCUT2D eigenvalue weighted by atomic mass is 10.0. The smallest absolute Gasteiger partial charge is 0.317 e. The number of urea groups is 1. The maximum Gasteiger partial charge on any atom is 0.317 e. The van der Waals surface area contributed by atoms with Gasteiger partial charge in [-0.1, -0.05) is 25.1 Å². The molecule has 0 aromatic heterocycles. The maximum absolute atomic E-state index is 12.0. The molecule has 1 aliphatic heterocycles. The molecule has 1 aromatic carbocycles. The van der Waals surface area contributed by atoms with E-state index in [2.05, 4.69) is 12.2 Å². The van der Waals surface area contributed by atoms with Crippen molar-refractivity contribution in [1.82, 2.24) is 10.2 Å². The zero-order chi connectivity index (χ0) is 13.0. The number of para-hydroxylation sites is 1. The van der Waals surface area contributed by atoms with E-state index < -0.39 is 0 Å². The van der Waals surface area contributed by atoms with E-state index in [0.717, 1.165) is 30.8 Å². The van der Waals surface area contributed by atoms with Gasteiger partial charge in [0.25, 0.3) is 0 Å². The molecule has 1 heterocycles. The van der Waals surface area contributed by atoms with Gasteiger partial charge in [0.05, 0.1) is 0 Å². The van der Waals surface area contributed by atoms with Gasteiger partial charge in [-0.2, -0.15) is 0 Å². The molecule has 0 radical (unpaired) electrons. The van der Waals surface area contributed by atoms with Crippen LogP contribution in [0.15, 0.2) is 24.3 Å². The summed E-state index contributed by atoms with van der Waals surface area (Å²) in [5, 5.41) is 2.94. The first-order valence-electron chi connectivity index (χ1n) is 6.53. The first kappa shape index (κ1) is 12.7. The molecule has 1 unspecified atom stereocenters. The first-order valence-corrected chi connectivity index (χ1v) is 6.53. The van der Waals surface area contributed by atoms with Gasteiger partial charge in [0.1, 0.15) is 0 Å². The number of nitrogens with two attached hydrogens (primary N) is 1. The van der Waals surface area contributed by atoms with Gasteiger partial charge >= 0.3 is 6.03 Å². The van der Waals surface area contributed by atoms with E-state index in [1.165, 1.54) is 6.42 Å². The van der Waals surface area contributed by atoms with E-state index in [1.54, 1.807) is 0 Å². The third-order valence-corrected chi connectivity index (χ3v) is 3.43. The average molecular weight is 247 g/mol. The molecule has 0 aliphatic carbocycles. The standard InChI is InChI=1S/C14H21N3O/c1-11-5-4-8-17(10-11)14(18)16-9-12-6-2-3-7-13(12)15/h2-3,6-7,11H,4-5,8-10,15H2,1H3,(H,16,18). The molecule has 1 fully saturated rings. The van der Waals surface area contributed by atoms with Crippen LogP contribution in [-0.2, 0) is 6.54 Å². The summed E-state index contributed by atoms with van der Waals surface area (Å²) in [6.07, 6.45) is 2.32. The summed E-state index contributed by atoms with van der Waals surface area (Å²) >= 11 is 0. The highest BCUT2D eigenvalue weighted by atomic mass is 16.2. The lowest BCUT2D eigenvalue weighted by Gasteiger charge is -2.31. The molecule has 98 valence electrons. The molecule has 2 amide bonds. The maximum atomic E-state index is 12.0. The van der Waals surface area contributed by atoms with Crippen LogP contribution < -0.4 is 11.1 Å². The molecule has 0 saturated carbocycles. The van der Waals surface area contributed by atoms with E-state index in [1.807, 2.05) is 29.2 Å². The monoisotopic (exact) mass is 247 g/mol. The van der Waals surface area contributed by atoms with Crippen LogP contribution in [0.2, 0.25) is 0 Å². The number of likely N-dealkylation sites (tertiary alicyclic amines) is 1. The molecule has 1 atom stereocenters. The third kappa shape index (κ3) is 3.15. The number of benzene rings is 1. The molecule has 1 aromatic rings. The molecule has 2 rings (SSSR count). The van der Waals surface area contributed by atoms with Gasteiger partial charge in [-0.05, 0) is 30.4 Å². The number of hydrogen-bond donors (Lipinski definition) is 2. The van der Waals surface area contributed by atoms with Crippen molar-refractivity contribution in [2.45, 2.75) is 26.3 Å². The van der Waals surface area contributed by atoms with Gasteiger partial charge in [-0.25, -0.2) is 4.79 Å². The van der Waals surface area contributed by atoms with Crippen LogP contribution in [0, 0.1) is 5.92 Å². The van der Waals surface area contributed by atoms with Crippen molar-refractivity contribution in [3.63, 3.8) is 0 Å². The summed E-state index contributed by atoms with van der Waals surface area (Å²) in [5.74, 6) is 0.603. The molecule has 3 N–H and O–H groups in total. The van der Waals surface area contributed by atoms with Gasteiger partial charge < -0.3 is 16.0 Å². The van der Waals surface area contributed by atoms with Crippen LogP contribution in [0.4, 0.5) is 10.5 Å². The summed E-state index contributed by atoms with van der Waals surface area (Å²) in [7, 11) is 0. The van der Waals surface area contributed by atoms with Crippen molar-refractivity contribution >= 4 is 11.7 Å². The molecule has 0 bridgehead atoms. The topological polar surface area (TPSA) is 58.4 Å². The highest BCUT2D eigenvalue weighted by Gasteiger charge is 2.20. The number of rotatable bonds is 2. The van der Waals surface area contributed by atoms with Gasteiger partial charge in [0.2, 0.25) is 0 Å². The van der Waals surface area contributed by atoms with E-state index >= 15 is 0 Å². The fourth-order valence-corrected chi connectivity index (χ4v) is 2.35. The number of piperidine rings is 1. The Morgan fingerprint density at radius 1 is 1.50 bits per heavy atom. The second-order valence-electron chi connectivity index (χ2n) is 5.05. The molecule has 18 heavy (non-hydrogen) atoms. The van der Waals surface area contributed by atoms with Crippen molar-refractivity contribution in [2.24, 2.45) is 5.92 Å². The summed E-state index contributed by atoms with van der Waals surface area (Å²) in [6, 6.07) is 7.64. The van der Waals surface area contributed by atoms with Gasteiger partial charge in [-0.15, -0.1) is 0 Å². The van der Waals surface area contributed by atoms with Crippen molar-refractivity contribution in [1.29, 1.82) is 0 Å². The SMILES string of the molecule is CC1CCCN(C(=O)NCc2ccccc2N)C1. The number of nitrogens with one attached hydrogen (secondary N) is 1. The second kappa shape index (κ2) is 5.76. The molecule has 4 heteroatoms. The number of nitrogen functional groups attached to an aromatic ring is 1.